The minimum atomic E-state index is -0.0360. The van der Waals surface area contributed by atoms with Crippen LogP contribution in [0.15, 0.2) is 60.8 Å². The lowest BCUT2D eigenvalue weighted by Gasteiger charge is -2.27. The Balaban J connectivity index is 1.46. The van der Waals surface area contributed by atoms with E-state index in [-0.39, 0.29) is 12.1 Å². The minimum Gasteiger partial charge on any atom is -0.490 e. The van der Waals surface area contributed by atoms with E-state index >= 15 is 0 Å². The Morgan fingerprint density at radius 3 is 2.50 bits per heavy atom. The first kappa shape index (κ1) is 19.1. The first-order chi connectivity index (χ1) is 14.7. The van der Waals surface area contributed by atoms with Crippen molar-refractivity contribution in [2.45, 2.75) is 50.8 Å². The highest BCUT2D eigenvalue weighted by atomic mass is 32.1. The van der Waals surface area contributed by atoms with E-state index in [0.29, 0.717) is 11.2 Å². The molecule has 5 rings (SSSR count). The molecule has 0 amide bonds. The molecule has 2 fully saturated rings. The molecule has 0 spiro atoms. The number of thiocarbonyl (C=S) groups is 1. The van der Waals surface area contributed by atoms with Crippen molar-refractivity contribution >= 4 is 23.0 Å². The number of hydrogen-bond acceptors (Lipinski definition) is 3. The average molecular weight is 419 g/mol. The van der Waals surface area contributed by atoms with E-state index in [1.807, 2.05) is 24.4 Å². The van der Waals surface area contributed by atoms with Crippen LogP contribution in [0.3, 0.4) is 0 Å². The van der Waals surface area contributed by atoms with Crippen LogP contribution in [-0.2, 0) is 0 Å². The number of hydrogen-bond donors (Lipinski definition) is 2. The van der Waals surface area contributed by atoms with Gasteiger partial charge in [0.2, 0.25) is 0 Å². The first-order valence-electron chi connectivity index (χ1n) is 10.6. The summed E-state index contributed by atoms with van der Waals surface area (Å²) in [6, 6.07) is 18.5. The molecule has 1 saturated carbocycles. The summed E-state index contributed by atoms with van der Waals surface area (Å²) >= 11 is 5.77. The van der Waals surface area contributed by atoms with Gasteiger partial charge in [-0.3, -0.25) is 4.98 Å². The minimum absolute atomic E-state index is 0.0114. The third kappa shape index (κ3) is 3.67. The van der Waals surface area contributed by atoms with E-state index in [9.17, 15) is 0 Å². The maximum atomic E-state index is 6.14. The van der Waals surface area contributed by atoms with E-state index < -0.39 is 0 Å². The Morgan fingerprint density at radius 2 is 1.83 bits per heavy atom. The van der Waals surface area contributed by atoms with Gasteiger partial charge in [-0.25, -0.2) is 0 Å². The number of ether oxygens (including phenoxy) is 1. The third-order valence-electron chi connectivity index (χ3n) is 5.99. The second kappa shape index (κ2) is 8.11. The third-order valence-corrected chi connectivity index (χ3v) is 6.31. The molecule has 2 N–H and O–H groups in total. The lowest BCUT2D eigenvalue weighted by molar-refractivity contribution is 0.210. The van der Waals surface area contributed by atoms with E-state index in [0.717, 1.165) is 41.4 Å². The zero-order chi connectivity index (χ0) is 20.5. The monoisotopic (exact) mass is 418 g/mol. The van der Waals surface area contributed by atoms with Gasteiger partial charge in [-0.05, 0) is 93.4 Å². The van der Waals surface area contributed by atoms with Crippen molar-refractivity contribution in [1.29, 1.82) is 0 Å². The molecule has 2 aromatic heterocycles. The second-order valence-electron chi connectivity index (χ2n) is 8.11. The van der Waals surface area contributed by atoms with Crippen LogP contribution in [0.1, 0.15) is 54.8 Å². The van der Waals surface area contributed by atoms with Crippen molar-refractivity contribution in [2.75, 3.05) is 4.90 Å². The first-order valence-corrected chi connectivity index (χ1v) is 11.0. The molecule has 0 bridgehead atoms. The Morgan fingerprint density at radius 1 is 1.03 bits per heavy atom. The molecule has 5 nitrogen and oxygen atoms in total. The van der Waals surface area contributed by atoms with Gasteiger partial charge in [-0.1, -0.05) is 6.07 Å². The van der Waals surface area contributed by atoms with Crippen molar-refractivity contribution in [3.63, 3.8) is 0 Å². The van der Waals surface area contributed by atoms with E-state index in [2.05, 4.69) is 63.5 Å². The van der Waals surface area contributed by atoms with Crippen LogP contribution >= 0.6 is 12.2 Å². The normalized spacial score (nSPS) is 21.8. The summed E-state index contributed by atoms with van der Waals surface area (Å²) in [5.74, 6) is 0.928. The molecule has 1 aliphatic heterocycles. The van der Waals surface area contributed by atoms with Gasteiger partial charge in [0.05, 0.1) is 17.8 Å². The second-order valence-corrected chi connectivity index (χ2v) is 8.50. The van der Waals surface area contributed by atoms with Crippen molar-refractivity contribution < 1.29 is 4.74 Å². The van der Waals surface area contributed by atoms with Gasteiger partial charge < -0.3 is 19.9 Å². The van der Waals surface area contributed by atoms with Crippen molar-refractivity contribution in [3.8, 4) is 5.75 Å². The topological polar surface area (TPSA) is 53.2 Å². The number of nitrogens with zero attached hydrogens (tertiary/aromatic N) is 2. The number of aromatic nitrogens is 2. The van der Waals surface area contributed by atoms with Crippen LogP contribution < -0.4 is 15.0 Å². The summed E-state index contributed by atoms with van der Waals surface area (Å²) in [4.78, 5) is 10.3. The standard InChI is InChI=1S/C24H26N4OS/c1-16-9-14-21(26-16)23-22(20-8-4-5-15-25-20)27-24(30)28(23)17-10-12-19(13-11-17)29-18-6-2-3-7-18/h4-5,8-15,18,22-23,26H,2-3,6-7H2,1H3,(H,27,30)/t22-,23+/m0/s1. The maximum Gasteiger partial charge on any atom is 0.174 e. The predicted molar refractivity (Wildman–Crippen MR) is 123 cm³/mol. The molecule has 0 unspecified atom stereocenters. The Kier molecular flexibility index (Phi) is 5.17. The molecule has 1 aliphatic carbocycles. The molecule has 1 saturated heterocycles. The Bertz CT molecular complexity index is 1010. The highest BCUT2D eigenvalue weighted by molar-refractivity contribution is 7.80. The molecular weight excluding hydrogens is 392 g/mol. The summed E-state index contributed by atoms with van der Waals surface area (Å²) in [6.07, 6.45) is 7.03. The highest BCUT2D eigenvalue weighted by Gasteiger charge is 2.41. The summed E-state index contributed by atoms with van der Waals surface area (Å²) < 4.78 is 6.14. The van der Waals surface area contributed by atoms with Gasteiger partial charge in [-0.15, -0.1) is 0 Å². The number of nitrogens with one attached hydrogen (secondary N) is 2. The number of rotatable bonds is 5. The molecule has 6 heteroatoms. The van der Waals surface area contributed by atoms with Crippen LogP contribution in [0, 0.1) is 6.92 Å². The predicted octanol–water partition coefficient (Wildman–Crippen LogP) is 5.22. The van der Waals surface area contributed by atoms with Crippen LogP contribution in [0.2, 0.25) is 0 Å². The van der Waals surface area contributed by atoms with Crippen LogP contribution in [0.25, 0.3) is 0 Å². The fraction of sp³-hybridized carbons (Fsp3) is 0.333. The molecule has 3 heterocycles. The van der Waals surface area contributed by atoms with Gasteiger partial charge in [0.1, 0.15) is 11.8 Å². The molecule has 3 aromatic rings. The van der Waals surface area contributed by atoms with Crippen molar-refractivity contribution in [2.24, 2.45) is 0 Å². The van der Waals surface area contributed by atoms with E-state index in [1.54, 1.807) is 0 Å². The number of aromatic amines is 1. The van der Waals surface area contributed by atoms with Gasteiger partial charge in [0.15, 0.2) is 5.11 Å². The SMILES string of the molecule is Cc1ccc([C@@H]2[C@H](c3ccccn3)NC(=S)N2c2ccc(OC3CCCC3)cc2)[nH]1. The summed E-state index contributed by atoms with van der Waals surface area (Å²) in [5.41, 5.74) is 4.26. The van der Waals surface area contributed by atoms with Crippen molar-refractivity contribution in [1.82, 2.24) is 15.3 Å². The highest BCUT2D eigenvalue weighted by Crippen LogP contribution is 2.41. The maximum absolute atomic E-state index is 6.14. The molecule has 2 aliphatic rings. The van der Waals surface area contributed by atoms with E-state index in [1.165, 1.54) is 12.8 Å². The summed E-state index contributed by atoms with van der Waals surface area (Å²) in [5, 5.41) is 4.19. The molecule has 0 radical (unpaired) electrons. The molecule has 2 atom stereocenters. The quantitative estimate of drug-likeness (QED) is 0.557. The average Bonchev–Trinajstić information content (AvgIpc) is 3.50. The fourth-order valence-electron chi connectivity index (χ4n) is 4.53. The number of benzene rings is 1. The van der Waals surface area contributed by atoms with Crippen LogP contribution in [0.5, 0.6) is 5.75 Å². The molecular formula is C24H26N4OS. The molecule has 30 heavy (non-hydrogen) atoms. The molecule has 1 aromatic carbocycles. The van der Waals surface area contributed by atoms with Gasteiger partial charge in [0, 0.05) is 23.3 Å². The zero-order valence-corrected chi connectivity index (χ0v) is 17.9. The smallest absolute Gasteiger partial charge is 0.174 e. The lowest BCUT2D eigenvalue weighted by atomic mass is 10.0. The van der Waals surface area contributed by atoms with Gasteiger partial charge in [0.25, 0.3) is 0 Å². The van der Waals surface area contributed by atoms with E-state index in [4.69, 9.17) is 17.0 Å². The summed E-state index contributed by atoms with van der Waals surface area (Å²) in [6.45, 7) is 2.07. The fourth-order valence-corrected chi connectivity index (χ4v) is 4.88. The number of H-pyrrole nitrogens is 1. The Hall–Kier alpha value is -2.86. The Labute approximate surface area is 182 Å². The van der Waals surface area contributed by atoms with Gasteiger partial charge in [-0.2, -0.15) is 0 Å². The van der Waals surface area contributed by atoms with Gasteiger partial charge >= 0.3 is 0 Å². The van der Waals surface area contributed by atoms with Crippen LogP contribution in [-0.4, -0.2) is 21.2 Å². The largest absolute Gasteiger partial charge is 0.490 e. The molecule has 154 valence electrons. The lowest BCUT2D eigenvalue weighted by Crippen LogP contribution is -2.29. The van der Waals surface area contributed by atoms with Crippen molar-refractivity contribution in [3.05, 3.63) is 77.9 Å². The number of anilines is 1. The number of pyridine rings is 1. The zero-order valence-electron chi connectivity index (χ0n) is 17.0. The summed E-state index contributed by atoms with van der Waals surface area (Å²) in [7, 11) is 0. The van der Waals surface area contributed by atoms with Crippen LogP contribution in [0.4, 0.5) is 5.69 Å². The number of aryl methyl sites for hydroxylation is 1.